The van der Waals surface area contributed by atoms with Gasteiger partial charge in [-0.15, -0.1) is 47.5 Å². The van der Waals surface area contributed by atoms with Gasteiger partial charge in [-0.1, -0.05) is 59.7 Å². The molecule has 2 heteroatoms. The van der Waals surface area contributed by atoms with E-state index in [4.69, 9.17) is 0 Å². The van der Waals surface area contributed by atoms with Crippen LogP contribution in [-0.4, -0.2) is 0 Å². The fraction of sp³-hybridized carbons (Fsp3) is 0. The van der Waals surface area contributed by atoms with Gasteiger partial charge in [0.05, 0.1) is 0 Å². The summed E-state index contributed by atoms with van der Waals surface area (Å²) in [5.41, 5.74) is 9.02. The van der Waals surface area contributed by atoms with E-state index in [9.17, 15) is 0 Å². The van der Waals surface area contributed by atoms with E-state index < -0.39 is 0 Å². The van der Waals surface area contributed by atoms with Crippen LogP contribution in [0.4, 0.5) is 0 Å². The first-order valence-corrected chi connectivity index (χ1v) is 13.5. The SMILES string of the molecule is [Y].[Y].[c-]1ccccc1-c1[c-]cc(-c2ccc3ccc4c(-c5c[c-]c(-c6[c-]cccc6)cc5)ccc5ccc2c3c54)cc1. The molecule has 0 amide bonds. The van der Waals surface area contributed by atoms with Gasteiger partial charge in [0.2, 0.25) is 0 Å². The zero-order valence-electron chi connectivity index (χ0n) is 22.9. The molecule has 0 N–H and O–H groups in total. The summed E-state index contributed by atoms with van der Waals surface area (Å²) in [4.78, 5) is 0. The first-order valence-electron chi connectivity index (χ1n) is 13.5. The van der Waals surface area contributed by atoms with Crippen LogP contribution < -0.4 is 0 Å². The zero-order chi connectivity index (χ0) is 26.5. The Bertz CT molecular complexity index is 1960. The number of benzene rings is 8. The van der Waals surface area contributed by atoms with Gasteiger partial charge in [0.1, 0.15) is 0 Å². The monoisotopic (exact) mass is 680 g/mol. The summed E-state index contributed by atoms with van der Waals surface area (Å²) < 4.78 is 0. The van der Waals surface area contributed by atoms with Crippen molar-refractivity contribution in [3.63, 3.8) is 0 Å². The smallest absolute Gasteiger partial charge is 0 e. The Balaban J connectivity index is 0.00000158. The molecule has 8 rings (SSSR count). The van der Waals surface area contributed by atoms with Gasteiger partial charge in [-0.3, -0.25) is 0 Å². The van der Waals surface area contributed by atoms with Crippen molar-refractivity contribution in [3.8, 4) is 44.5 Å². The van der Waals surface area contributed by atoms with Gasteiger partial charge in [0.25, 0.3) is 0 Å². The molecule has 0 atom stereocenters. The van der Waals surface area contributed by atoms with Gasteiger partial charge >= 0.3 is 0 Å². The minimum atomic E-state index is 0. The van der Waals surface area contributed by atoms with Crippen LogP contribution in [0.25, 0.3) is 76.8 Å². The first-order chi connectivity index (χ1) is 19.8. The van der Waals surface area contributed by atoms with E-state index in [1.165, 1.54) is 54.6 Å². The van der Waals surface area contributed by atoms with Crippen molar-refractivity contribution < 1.29 is 65.4 Å². The van der Waals surface area contributed by atoms with Crippen LogP contribution in [0, 0.1) is 24.3 Å². The molecule has 2 radical (unpaired) electrons. The van der Waals surface area contributed by atoms with Crippen molar-refractivity contribution in [1.29, 1.82) is 0 Å². The molecule has 8 aromatic carbocycles. The normalized spacial score (nSPS) is 11.0. The summed E-state index contributed by atoms with van der Waals surface area (Å²) in [6.45, 7) is 0. The van der Waals surface area contributed by atoms with Gasteiger partial charge in [-0.2, -0.15) is 72.8 Å². The molecule has 0 saturated heterocycles. The van der Waals surface area contributed by atoms with E-state index in [-0.39, 0.29) is 65.4 Å². The van der Waals surface area contributed by atoms with E-state index in [2.05, 4.69) is 121 Å². The van der Waals surface area contributed by atoms with Crippen molar-refractivity contribution in [1.82, 2.24) is 0 Å². The molecule has 0 aliphatic rings. The molecule has 0 fully saturated rings. The molecule has 192 valence electrons. The molecule has 0 saturated carbocycles. The average molecular weight is 680 g/mol. The van der Waals surface area contributed by atoms with Crippen molar-refractivity contribution in [2.45, 2.75) is 0 Å². The first kappa shape index (κ1) is 29.1. The second-order valence-electron chi connectivity index (χ2n) is 10.2. The third kappa shape index (κ3) is 5.10. The van der Waals surface area contributed by atoms with Gasteiger partial charge in [0, 0.05) is 65.4 Å². The van der Waals surface area contributed by atoms with Crippen LogP contribution in [-0.2, 0) is 65.4 Å². The molecular formula is C40H22Y2-4. The predicted molar refractivity (Wildman–Crippen MR) is 167 cm³/mol. The standard InChI is InChI=1S/C40H22.2Y/c1-3-7-27(8-4-1)29-11-15-31(16-12-29)35-23-19-33-22-26-38-36(24-20-34-21-25-37(35)39(33)40(34)38)32-17-13-30(14-18-32)28-9-5-2-6-10-28;;/h1-7,9,11,13,15-26H;;/q-4;;. The van der Waals surface area contributed by atoms with Crippen LogP contribution in [0.2, 0.25) is 0 Å². The molecule has 0 nitrogen and oxygen atoms in total. The Kier molecular flexibility index (Phi) is 8.53. The van der Waals surface area contributed by atoms with E-state index in [1.807, 2.05) is 36.4 Å². The maximum absolute atomic E-state index is 3.49. The Morgan fingerprint density at radius 2 is 0.786 bits per heavy atom. The minimum absolute atomic E-state index is 0. The minimum Gasteiger partial charge on any atom is -0.226 e. The Hall–Kier alpha value is -2.99. The molecule has 42 heavy (non-hydrogen) atoms. The molecular weight excluding hydrogens is 658 g/mol. The molecule has 0 unspecified atom stereocenters. The molecule has 0 bridgehead atoms. The Labute approximate surface area is 296 Å². The number of hydrogen-bond acceptors (Lipinski definition) is 0. The predicted octanol–water partition coefficient (Wildman–Crippen LogP) is 10.4. The van der Waals surface area contributed by atoms with Crippen molar-refractivity contribution in [2.75, 3.05) is 0 Å². The number of rotatable bonds is 4. The summed E-state index contributed by atoms with van der Waals surface area (Å²) in [5, 5.41) is 7.68. The van der Waals surface area contributed by atoms with Gasteiger partial charge in [-0.05, 0) is 32.3 Å². The summed E-state index contributed by atoms with van der Waals surface area (Å²) in [5.74, 6) is 0. The van der Waals surface area contributed by atoms with Crippen molar-refractivity contribution in [2.24, 2.45) is 0 Å². The second-order valence-corrected chi connectivity index (χ2v) is 10.2. The second kappa shape index (κ2) is 12.3. The van der Waals surface area contributed by atoms with E-state index in [1.54, 1.807) is 0 Å². The fourth-order valence-corrected chi connectivity index (χ4v) is 5.95. The van der Waals surface area contributed by atoms with Crippen LogP contribution in [0.1, 0.15) is 0 Å². The molecule has 0 aromatic heterocycles. The summed E-state index contributed by atoms with van der Waals surface area (Å²) >= 11 is 0. The topological polar surface area (TPSA) is 0 Å². The Morgan fingerprint density at radius 1 is 0.357 bits per heavy atom. The van der Waals surface area contributed by atoms with E-state index in [0.717, 1.165) is 22.3 Å². The summed E-state index contributed by atoms with van der Waals surface area (Å²) in [7, 11) is 0. The molecule has 0 spiro atoms. The summed E-state index contributed by atoms with van der Waals surface area (Å²) in [6.07, 6.45) is 0. The summed E-state index contributed by atoms with van der Waals surface area (Å²) in [6, 6.07) is 60.6. The third-order valence-electron chi connectivity index (χ3n) is 7.91. The van der Waals surface area contributed by atoms with Crippen LogP contribution in [0.3, 0.4) is 0 Å². The average Bonchev–Trinajstić information content (AvgIpc) is 3.04. The fourth-order valence-electron chi connectivity index (χ4n) is 5.95. The largest absolute Gasteiger partial charge is 0.226 e. The molecule has 8 aromatic rings. The quantitative estimate of drug-likeness (QED) is 0.128. The van der Waals surface area contributed by atoms with Gasteiger partial charge in [0.15, 0.2) is 0 Å². The van der Waals surface area contributed by atoms with Gasteiger partial charge < -0.3 is 0 Å². The molecule has 0 aliphatic heterocycles. The van der Waals surface area contributed by atoms with E-state index >= 15 is 0 Å². The van der Waals surface area contributed by atoms with Crippen LogP contribution in [0.5, 0.6) is 0 Å². The van der Waals surface area contributed by atoms with E-state index in [0.29, 0.717) is 0 Å². The maximum Gasteiger partial charge on any atom is 0 e. The number of hydrogen-bond donors (Lipinski definition) is 0. The third-order valence-corrected chi connectivity index (χ3v) is 7.91. The molecule has 0 aliphatic carbocycles. The van der Waals surface area contributed by atoms with Crippen molar-refractivity contribution >= 4 is 32.3 Å². The van der Waals surface area contributed by atoms with Gasteiger partial charge in [-0.25, -0.2) is 22.3 Å². The van der Waals surface area contributed by atoms with Crippen molar-refractivity contribution in [3.05, 3.63) is 158 Å². The van der Waals surface area contributed by atoms with Crippen LogP contribution >= 0.6 is 0 Å². The Morgan fingerprint density at radius 3 is 1.17 bits per heavy atom. The van der Waals surface area contributed by atoms with Crippen LogP contribution in [0.15, 0.2) is 133 Å². The maximum atomic E-state index is 3.49. The zero-order valence-corrected chi connectivity index (χ0v) is 28.5. The molecule has 0 heterocycles.